The van der Waals surface area contributed by atoms with Crippen LogP contribution in [0.5, 0.6) is 5.75 Å². The maximum atomic E-state index is 13.2. The van der Waals surface area contributed by atoms with Crippen molar-refractivity contribution in [2.45, 2.75) is 6.92 Å². The van der Waals surface area contributed by atoms with Crippen molar-refractivity contribution in [3.63, 3.8) is 0 Å². The van der Waals surface area contributed by atoms with E-state index in [1.54, 1.807) is 13.2 Å². The summed E-state index contributed by atoms with van der Waals surface area (Å²) in [6.45, 7) is 1.57. The smallest absolute Gasteiger partial charge is 0.339 e. The molecule has 0 spiro atoms. The topological polar surface area (TPSA) is 90.4 Å². The number of hydrogen-bond acceptors (Lipinski definition) is 7. The lowest BCUT2D eigenvalue weighted by molar-refractivity contribution is -0.119. The molecule has 192 valence electrons. The van der Waals surface area contributed by atoms with Crippen molar-refractivity contribution in [1.82, 2.24) is 9.97 Å². The molecule has 6 aromatic rings. The average molecular weight is 534 g/mol. The predicted octanol–water partition coefficient (Wildman–Crippen LogP) is 6.78. The molecule has 2 aromatic heterocycles. The van der Waals surface area contributed by atoms with E-state index in [1.807, 2.05) is 85.8 Å². The summed E-state index contributed by atoms with van der Waals surface area (Å²) in [5, 5.41) is 5.90. The van der Waals surface area contributed by atoms with Gasteiger partial charge >= 0.3 is 5.97 Å². The number of hydrogen-bond donors (Lipinski definition) is 1. The Morgan fingerprint density at radius 2 is 1.69 bits per heavy atom. The van der Waals surface area contributed by atoms with Gasteiger partial charge in [-0.3, -0.25) is 10.1 Å². The number of nitrogens with zero attached hydrogens (tertiary/aromatic N) is 2. The Bertz CT molecular complexity index is 1900. The molecule has 6 rings (SSSR count). The first kappa shape index (κ1) is 24.5. The molecule has 0 saturated heterocycles. The lowest BCUT2D eigenvalue weighted by Crippen LogP contribution is -2.21. The van der Waals surface area contributed by atoms with Crippen molar-refractivity contribution in [1.29, 1.82) is 0 Å². The fourth-order valence-corrected chi connectivity index (χ4v) is 5.43. The number of fused-ring (bicyclic) bond motifs is 3. The molecule has 0 atom stereocenters. The van der Waals surface area contributed by atoms with Gasteiger partial charge in [-0.1, -0.05) is 53.8 Å². The van der Waals surface area contributed by atoms with Crippen LogP contribution in [-0.2, 0) is 9.53 Å². The Balaban J connectivity index is 1.24. The Labute approximate surface area is 228 Å². The SMILES string of the molecule is COc1ccc2cc(-c3cc(C(=O)OCC(=O)Nc4nc5ccc(C)cc5s4)c4ccccc4n3)ccc2c1. The van der Waals surface area contributed by atoms with Crippen LogP contribution < -0.4 is 10.1 Å². The number of anilines is 1. The van der Waals surface area contributed by atoms with E-state index in [4.69, 9.17) is 14.5 Å². The molecule has 0 bridgehead atoms. The number of thiazole rings is 1. The molecule has 2 heterocycles. The van der Waals surface area contributed by atoms with Gasteiger partial charge in [0, 0.05) is 10.9 Å². The molecule has 0 unspecified atom stereocenters. The summed E-state index contributed by atoms with van der Waals surface area (Å²) in [6, 6.07) is 26.8. The van der Waals surface area contributed by atoms with Gasteiger partial charge in [0.1, 0.15) is 5.75 Å². The fraction of sp³-hybridized carbons (Fsp3) is 0.0968. The highest BCUT2D eigenvalue weighted by molar-refractivity contribution is 7.22. The van der Waals surface area contributed by atoms with E-state index in [9.17, 15) is 9.59 Å². The van der Waals surface area contributed by atoms with Crippen molar-refractivity contribution in [3.8, 4) is 17.0 Å². The second kappa shape index (κ2) is 10.2. The van der Waals surface area contributed by atoms with E-state index in [-0.39, 0.29) is 0 Å². The average Bonchev–Trinajstić information content (AvgIpc) is 3.35. The summed E-state index contributed by atoms with van der Waals surface area (Å²) in [6.07, 6.45) is 0. The molecule has 4 aromatic carbocycles. The molecule has 0 aliphatic rings. The molecule has 0 radical (unpaired) electrons. The highest BCUT2D eigenvalue weighted by Gasteiger charge is 2.17. The van der Waals surface area contributed by atoms with Crippen LogP contribution in [-0.4, -0.2) is 35.6 Å². The van der Waals surface area contributed by atoms with Crippen molar-refractivity contribution < 1.29 is 19.1 Å². The quantitative estimate of drug-likeness (QED) is 0.238. The van der Waals surface area contributed by atoms with Crippen LogP contribution in [0.2, 0.25) is 0 Å². The molecule has 7 nitrogen and oxygen atoms in total. The maximum absolute atomic E-state index is 13.2. The summed E-state index contributed by atoms with van der Waals surface area (Å²) in [7, 11) is 1.64. The van der Waals surface area contributed by atoms with Crippen molar-refractivity contribution in [2.24, 2.45) is 0 Å². The van der Waals surface area contributed by atoms with Crippen LogP contribution in [0.25, 0.3) is 43.1 Å². The van der Waals surface area contributed by atoms with Crippen LogP contribution in [0.1, 0.15) is 15.9 Å². The predicted molar refractivity (Wildman–Crippen MR) is 155 cm³/mol. The zero-order valence-corrected chi connectivity index (χ0v) is 22.0. The van der Waals surface area contributed by atoms with Crippen molar-refractivity contribution in [3.05, 3.63) is 96.1 Å². The molecule has 8 heteroatoms. The number of para-hydroxylation sites is 1. The van der Waals surface area contributed by atoms with Crippen LogP contribution in [0.3, 0.4) is 0 Å². The highest BCUT2D eigenvalue weighted by Crippen LogP contribution is 2.30. The van der Waals surface area contributed by atoms with E-state index < -0.39 is 18.5 Å². The Morgan fingerprint density at radius 1 is 0.872 bits per heavy atom. The summed E-state index contributed by atoms with van der Waals surface area (Å²) in [4.78, 5) is 35.0. The van der Waals surface area contributed by atoms with Gasteiger partial charge in [0.25, 0.3) is 5.91 Å². The van der Waals surface area contributed by atoms with E-state index >= 15 is 0 Å². The third kappa shape index (κ3) is 5.02. The van der Waals surface area contributed by atoms with Crippen LogP contribution in [0.15, 0.2) is 84.9 Å². The van der Waals surface area contributed by atoms with Crippen molar-refractivity contribution >= 4 is 60.2 Å². The summed E-state index contributed by atoms with van der Waals surface area (Å²) < 4.78 is 11.7. The van der Waals surface area contributed by atoms with Crippen LogP contribution >= 0.6 is 11.3 Å². The van der Waals surface area contributed by atoms with E-state index in [1.165, 1.54) is 11.3 Å². The third-order valence-corrected chi connectivity index (χ3v) is 7.34. The number of rotatable bonds is 6. The van der Waals surface area contributed by atoms with Gasteiger partial charge in [-0.2, -0.15) is 0 Å². The minimum absolute atomic E-state index is 0.341. The summed E-state index contributed by atoms with van der Waals surface area (Å²) >= 11 is 1.38. The lowest BCUT2D eigenvalue weighted by Gasteiger charge is -2.11. The van der Waals surface area contributed by atoms with Crippen molar-refractivity contribution in [2.75, 3.05) is 19.0 Å². The largest absolute Gasteiger partial charge is 0.497 e. The first-order chi connectivity index (χ1) is 19.0. The van der Waals surface area contributed by atoms with Crippen LogP contribution in [0.4, 0.5) is 5.13 Å². The number of nitrogens with one attached hydrogen (secondary N) is 1. The molecule has 39 heavy (non-hydrogen) atoms. The second-order valence-corrected chi connectivity index (χ2v) is 10.1. The van der Waals surface area contributed by atoms with Gasteiger partial charge in [-0.15, -0.1) is 0 Å². The van der Waals surface area contributed by atoms with E-state index in [0.717, 1.165) is 37.9 Å². The van der Waals surface area contributed by atoms with Gasteiger partial charge in [-0.25, -0.2) is 14.8 Å². The molecule has 0 aliphatic carbocycles. The van der Waals surface area contributed by atoms with E-state index in [2.05, 4.69) is 10.3 Å². The highest BCUT2D eigenvalue weighted by atomic mass is 32.1. The Kier molecular flexibility index (Phi) is 6.38. The molecule has 0 aliphatic heterocycles. The van der Waals surface area contributed by atoms with Gasteiger partial charge < -0.3 is 9.47 Å². The first-order valence-electron chi connectivity index (χ1n) is 12.3. The number of methoxy groups -OCH3 is 1. The number of ether oxygens (including phenoxy) is 2. The minimum atomic E-state index is -0.601. The lowest BCUT2D eigenvalue weighted by atomic mass is 10.0. The molecule has 1 N–H and O–H groups in total. The third-order valence-electron chi connectivity index (χ3n) is 6.40. The molecule has 0 saturated carbocycles. The number of pyridine rings is 1. The number of benzene rings is 4. The van der Waals surface area contributed by atoms with Gasteiger partial charge in [-0.05, 0) is 65.7 Å². The Morgan fingerprint density at radius 3 is 2.56 bits per heavy atom. The monoisotopic (exact) mass is 533 g/mol. The van der Waals surface area contributed by atoms with E-state index in [0.29, 0.717) is 27.3 Å². The van der Waals surface area contributed by atoms with Gasteiger partial charge in [0.15, 0.2) is 11.7 Å². The number of aromatic nitrogens is 2. The number of amides is 1. The number of carbonyl (C=O) groups excluding carboxylic acids is 2. The number of carbonyl (C=O) groups is 2. The molecular formula is C31H23N3O4S. The van der Waals surface area contributed by atoms with Gasteiger partial charge in [0.05, 0.1) is 34.1 Å². The number of esters is 1. The summed E-state index contributed by atoms with van der Waals surface area (Å²) in [5.41, 5.74) is 4.41. The minimum Gasteiger partial charge on any atom is -0.497 e. The second-order valence-electron chi connectivity index (χ2n) is 9.11. The standard InChI is InChI=1S/C31H23N3O4S/c1-18-7-12-26-28(13-18)39-31(33-26)34-29(35)17-38-30(36)24-16-27(32-25-6-4-3-5-23(24)25)21-9-8-20-15-22(37-2)11-10-19(20)14-21/h3-16H,17H2,1-2H3,(H,33,34,35). The first-order valence-corrected chi connectivity index (χ1v) is 13.1. The van der Waals surface area contributed by atoms with Gasteiger partial charge in [0.2, 0.25) is 0 Å². The summed E-state index contributed by atoms with van der Waals surface area (Å²) in [5.74, 6) is -0.274. The molecular weight excluding hydrogens is 510 g/mol. The normalized spacial score (nSPS) is 11.1. The Hall–Kier alpha value is -4.82. The zero-order valence-electron chi connectivity index (χ0n) is 21.2. The maximum Gasteiger partial charge on any atom is 0.339 e. The molecule has 1 amide bonds. The molecule has 0 fully saturated rings. The zero-order chi connectivity index (χ0) is 26.9. The van der Waals surface area contributed by atoms with Crippen LogP contribution in [0, 0.1) is 6.92 Å². The fourth-order valence-electron chi connectivity index (χ4n) is 4.45. The number of aryl methyl sites for hydroxylation is 1.